The van der Waals surface area contributed by atoms with Crippen molar-refractivity contribution in [3.05, 3.63) is 29.8 Å². The summed E-state index contributed by atoms with van der Waals surface area (Å²) in [5.41, 5.74) is 2.35. The summed E-state index contributed by atoms with van der Waals surface area (Å²) in [7, 11) is 5.97. The van der Waals surface area contributed by atoms with E-state index in [4.69, 9.17) is 0 Å². The van der Waals surface area contributed by atoms with Crippen LogP contribution in [0.25, 0.3) is 0 Å². The minimum atomic E-state index is 0.211. The first kappa shape index (κ1) is 17.8. The number of carbonyl (C=O) groups excluding carboxylic acids is 1. The Kier molecular flexibility index (Phi) is 6.05. The van der Waals surface area contributed by atoms with Gasteiger partial charge < -0.3 is 9.80 Å². The normalized spacial score (nSPS) is 22.0. The van der Waals surface area contributed by atoms with Crippen molar-refractivity contribution in [2.45, 2.75) is 26.8 Å². The van der Waals surface area contributed by atoms with E-state index < -0.39 is 0 Å². The van der Waals surface area contributed by atoms with Gasteiger partial charge in [0.15, 0.2) is 0 Å². The maximum Gasteiger partial charge on any atom is 0.236 e. The topological polar surface area (TPSA) is 26.8 Å². The lowest BCUT2D eigenvalue weighted by Crippen LogP contribution is -2.44. The van der Waals surface area contributed by atoms with E-state index in [0.29, 0.717) is 24.9 Å². The fourth-order valence-electron chi connectivity index (χ4n) is 3.49. The number of likely N-dealkylation sites (tertiary alicyclic amines) is 1. The summed E-state index contributed by atoms with van der Waals surface area (Å²) in [6.45, 7) is 7.86. The Hall–Kier alpha value is -1.55. The fraction of sp³-hybridized carbons (Fsp3) is 0.632. The van der Waals surface area contributed by atoms with Crippen LogP contribution in [-0.2, 0) is 11.3 Å². The Morgan fingerprint density at radius 2 is 1.65 bits per heavy atom. The summed E-state index contributed by atoms with van der Waals surface area (Å²) in [6, 6.07) is 8.40. The number of piperidine rings is 1. The van der Waals surface area contributed by atoms with Crippen LogP contribution in [0.15, 0.2) is 24.3 Å². The summed E-state index contributed by atoms with van der Waals surface area (Å²) in [6.07, 6.45) is 1.28. The molecule has 1 aromatic rings. The Bertz CT molecular complexity index is 502. The number of hydrogen-bond acceptors (Lipinski definition) is 3. The highest BCUT2D eigenvalue weighted by Crippen LogP contribution is 2.21. The zero-order chi connectivity index (χ0) is 17.0. The van der Waals surface area contributed by atoms with Gasteiger partial charge in [0.25, 0.3) is 0 Å². The van der Waals surface area contributed by atoms with Gasteiger partial charge >= 0.3 is 0 Å². The highest BCUT2D eigenvalue weighted by molar-refractivity contribution is 5.78. The predicted molar refractivity (Wildman–Crippen MR) is 96.6 cm³/mol. The lowest BCUT2D eigenvalue weighted by atomic mass is 9.92. The highest BCUT2D eigenvalue weighted by atomic mass is 16.2. The molecule has 4 nitrogen and oxygen atoms in total. The number of rotatable bonds is 5. The van der Waals surface area contributed by atoms with E-state index >= 15 is 0 Å². The van der Waals surface area contributed by atoms with Crippen molar-refractivity contribution in [2.75, 3.05) is 45.7 Å². The maximum absolute atomic E-state index is 12.5. The first-order valence-electron chi connectivity index (χ1n) is 8.57. The number of benzene rings is 1. The molecule has 1 heterocycles. The molecule has 128 valence electrons. The van der Waals surface area contributed by atoms with Crippen LogP contribution in [0.4, 0.5) is 5.69 Å². The van der Waals surface area contributed by atoms with Gasteiger partial charge in [-0.05, 0) is 36.0 Å². The van der Waals surface area contributed by atoms with Crippen LogP contribution in [0.3, 0.4) is 0 Å². The molecular weight excluding hydrogens is 286 g/mol. The molecule has 2 unspecified atom stereocenters. The molecular formula is C19H31N3O. The van der Waals surface area contributed by atoms with Crippen LogP contribution in [0, 0.1) is 11.8 Å². The zero-order valence-corrected chi connectivity index (χ0v) is 15.2. The molecule has 4 heteroatoms. The SMILES string of the molecule is CC1CC(C)CN(CC(=O)N(C)Cc2ccc(N(C)C)cc2)C1. The second-order valence-electron chi connectivity index (χ2n) is 7.45. The molecule has 2 atom stereocenters. The molecule has 0 saturated carbocycles. The number of hydrogen-bond donors (Lipinski definition) is 0. The van der Waals surface area contributed by atoms with Gasteiger partial charge in [0.1, 0.15) is 0 Å². The third-order valence-electron chi connectivity index (χ3n) is 4.60. The molecule has 23 heavy (non-hydrogen) atoms. The number of nitrogens with zero attached hydrogens (tertiary/aromatic N) is 3. The highest BCUT2D eigenvalue weighted by Gasteiger charge is 2.24. The Morgan fingerprint density at radius 3 is 2.17 bits per heavy atom. The van der Waals surface area contributed by atoms with Crippen molar-refractivity contribution >= 4 is 11.6 Å². The molecule has 0 aliphatic carbocycles. The van der Waals surface area contributed by atoms with E-state index in [9.17, 15) is 4.79 Å². The molecule has 1 aliphatic heterocycles. The van der Waals surface area contributed by atoms with Gasteiger partial charge in [0.05, 0.1) is 6.54 Å². The lowest BCUT2D eigenvalue weighted by Gasteiger charge is -2.35. The number of carbonyl (C=O) groups is 1. The largest absolute Gasteiger partial charge is 0.378 e. The average Bonchev–Trinajstić information content (AvgIpc) is 2.46. The number of anilines is 1. The predicted octanol–water partition coefficient (Wildman–Crippen LogP) is 2.69. The minimum Gasteiger partial charge on any atom is -0.378 e. The molecule has 0 aromatic heterocycles. The third-order valence-corrected chi connectivity index (χ3v) is 4.60. The molecule has 0 N–H and O–H groups in total. The molecule has 0 spiro atoms. The second kappa shape index (κ2) is 7.82. The fourth-order valence-corrected chi connectivity index (χ4v) is 3.49. The molecule has 2 rings (SSSR count). The van der Waals surface area contributed by atoms with E-state index in [2.05, 4.69) is 47.9 Å². The summed E-state index contributed by atoms with van der Waals surface area (Å²) in [4.78, 5) is 18.7. The van der Waals surface area contributed by atoms with Gasteiger partial charge in [0, 0.05) is 46.5 Å². The average molecular weight is 317 g/mol. The second-order valence-corrected chi connectivity index (χ2v) is 7.45. The first-order valence-corrected chi connectivity index (χ1v) is 8.57. The van der Waals surface area contributed by atoms with Crippen molar-refractivity contribution in [3.63, 3.8) is 0 Å². The molecule has 0 bridgehead atoms. The van der Waals surface area contributed by atoms with E-state index in [1.54, 1.807) is 0 Å². The summed E-state index contributed by atoms with van der Waals surface area (Å²) >= 11 is 0. The summed E-state index contributed by atoms with van der Waals surface area (Å²) in [5, 5.41) is 0. The third kappa shape index (κ3) is 5.24. The van der Waals surface area contributed by atoms with E-state index in [0.717, 1.165) is 13.1 Å². The van der Waals surface area contributed by atoms with Gasteiger partial charge in [0.2, 0.25) is 5.91 Å². The lowest BCUT2D eigenvalue weighted by molar-refractivity contribution is -0.132. The first-order chi connectivity index (χ1) is 10.8. The summed E-state index contributed by atoms with van der Waals surface area (Å²) in [5.74, 6) is 1.59. The molecule has 1 aromatic carbocycles. The molecule has 1 saturated heterocycles. The quantitative estimate of drug-likeness (QED) is 0.835. The van der Waals surface area contributed by atoms with Gasteiger partial charge in [-0.3, -0.25) is 9.69 Å². The van der Waals surface area contributed by atoms with Gasteiger partial charge in [-0.25, -0.2) is 0 Å². The van der Waals surface area contributed by atoms with Crippen LogP contribution >= 0.6 is 0 Å². The van der Waals surface area contributed by atoms with Crippen molar-refractivity contribution < 1.29 is 4.79 Å². The Balaban J connectivity index is 1.87. The van der Waals surface area contributed by atoms with Crippen molar-refractivity contribution in [3.8, 4) is 0 Å². The van der Waals surface area contributed by atoms with Crippen LogP contribution < -0.4 is 4.90 Å². The van der Waals surface area contributed by atoms with Crippen LogP contribution in [-0.4, -0.2) is 56.5 Å². The smallest absolute Gasteiger partial charge is 0.236 e. The van der Waals surface area contributed by atoms with Crippen LogP contribution in [0.2, 0.25) is 0 Å². The minimum absolute atomic E-state index is 0.211. The van der Waals surface area contributed by atoms with E-state index in [-0.39, 0.29) is 5.91 Å². The van der Waals surface area contributed by atoms with Crippen molar-refractivity contribution in [1.82, 2.24) is 9.80 Å². The Morgan fingerprint density at radius 1 is 1.09 bits per heavy atom. The molecule has 1 amide bonds. The van der Waals surface area contributed by atoms with Crippen molar-refractivity contribution in [2.24, 2.45) is 11.8 Å². The number of likely N-dealkylation sites (N-methyl/N-ethyl adjacent to an activating group) is 1. The standard InChI is InChI=1S/C19H31N3O/c1-15-10-16(2)12-22(11-15)14-19(23)21(5)13-17-6-8-18(9-7-17)20(3)4/h6-9,15-16H,10-14H2,1-5H3. The van der Waals surface area contributed by atoms with E-state index in [1.165, 1.54) is 17.7 Å². The van der Waals surface area contributed by atoms with Gasteiger partial charge in [-0.1, -0.05) is 26.0 Å². The number of amides is 1. The van der Waals surface area contributed by atoms with Crippen LogP contribution in [0.1, 0.15) is 25.8 Å². The van der Waals surface area contributed by atoms with Crippen LogP contribution in [0.5, 0.6) is 0 Å². The molecule has 0 radical (unpaired) electrons. The summed E-state index contributed by atoms with van der Waals surface area (Å²) < 4.78 is 0. The zero-order valence-electron chi connectivity index (χ0n) is 15.2. The molecule has 1 aliphatic rings. The van der Waals surface area contributed by atoms with Crippen molar-refractivity contribution in [1.29, 1.82) is 0 Å². The Labute approximate surface area is 141 Å². The maximum atomic E-state index is 12.5. The van der Waals surface area contributed by atoms with E-state index in [1.807, 2.05) is 26.0 Å². The monoisotopic (exact) mass is 317 g/mol. The van der Waals surface area contributed by atoms with Gasteiger partial charge in [-0.15, -0.1) is 0 Å². The van der Waals surface area contributed by atoms with Gasteiger partial charge in [-0.2, -0.15) is 0 Å². The molecule has 1 fully saturated rings.